The summed E-state index contributed by atoms with van der Waals surface area (Å²) < 4.78 is 5.23. The number of ether oxygens (including phenoxy) is 1. The van der Waals surface area contributed by atoms with Crippen molar-refractivity contribution in [3.63, 3.8) is 0 Å². The van der Waals surface area contributed by atoms with Crippen LogP contribution in [-0.2, 0) is 11.3 Å². The summed E-state index contributed by atoms with van der Waals surface area (Å²) in [5.74, 6) is 2.63. The highest BCUT2D eigenvalue weighted by molar-refractivity contribution is 14.0. The predicted molar refractivity (Wildman–Crippen MR) is 142 cm³/mol. The lowest BCUT2D eigenvalue weighted by molar-refractivity contribution is 0.0527. The van der Waals surface area contributed by atoms with Crippen LogP contribution in [0, 0.1) is 5.92 Å². The number of alkyl carbamates (subject to hydrolysis) is 1. The van der Waals surface area contributed by atoms with Gasteiger partial charge in [0.1, 0.15) is 11.4 Å². The number of carbonyl (C=O) groups excluding carboxylic acids is 1. The van der Waals surface area contributed by atoms with Gasteiger partial charge < -0.3 is 25.6 Å². The van der Waals surface area contributed by atoms with Crippen molar-refractivity contribution in [1.82, 2.24) is 20.9 Å². The number of nitrogens with one attached hydrogen (secondary N) is 3. The standard InChI is InChI=1S/C23H40N6O2.HI/c1-6-24-21(25-12-7-13-26-22(30)31-23(3,4)5)28-17-19-8-9-20(27-16-19)29-14-10-18(2)11-15-29;/h8-9,16,18H,6-7,10-15,17H2,1-5H3,(H,26,30)(H2,24,25,28);1H. The minimum absolute atomic E-state index is 0. The molecule has 0 unspecified atom stereocenters. The molecule has 1 aliphatic heterocycles. The Bertz CT molecular complexity index is 697. The average Bonchev–Trinajstić information content (AvgIpc) is 2.71. The van der Waals surface area contributed by atoms with Gasteiger partial charge in [-0.25, -0.2) is 14.8 Å². The van der Waals surface area contributed by atoms with E-state index in [1.54, 1.807) is 0 Å². The molecule has 8 nitrogen and oxygen atoms in total. The number of aliphatic imine (C=N–C) groups is 1. The molecule has 1 saturated heterocycles. The molecule has 2 rings (SSSR count). The smallest absolute Gasteiger partial charge is 0.407 e. The van der Waals surface area contributed by atoms with Crippen LogP contribution in [0.1, 0.15) is 59.4 Å². The van der Waals surface area contributed by atoms with Crippen LogP contribution in [0.2, 0.25) is 0 Å². The zero-order valence-electron chi connectivity index (χ0n) is 20.2. The maximum absolute atomic E-state index is 11.7. The molecule has 1 aliphatic rings. The number of hydrogen-bond donors (Lipinski definition) is 3. The third-order valence-electron chi connectivity index (χ3n) is 4.99. The van der Waals surface area contributed by atoms with Crippen LogP contribution in [0.5, 0.6) is 0 Å². The van der Waals surface area contributed by atoms with Crippen molar-refractivity contribution in [3.8, 4) is 0 Å². The molecule has 0 spiro atoms. The molecule has 0 aromatic carbocycles. The van der Waals surface area contributed by atoms with Crippen LogP contribution in [-0.4, -0.2) is 55.4 Å². The molecule has 0 radical (unpaired) electrons. The molecule has 32 heavy (non-hydrogen) atoms. The first kappa shape index (κ1) is 28.3. The van der Waals surface area contributed by atoms with Gasteiger partial charge in [-0.1, -0.05) is 13.0 Å². The minimum atomic E-state index is -0.480. The normalized spacial score (nSPS) is 15.0. The second-order valence-corrected chi connectivity index (χ2v) is 9.10. The van der Waals surface area contributed by atoms with Crippen LogP contribution < -0.4 is 20.9 Å². The van der Waals surface area contributed by atoms with E-state index in [0.717, 1.165) is 49.3 Å². The van der Waals surface area contributed by atoms with E-state index < -0.39 is 5.60 Å². The second-order valence-electron chi connectivity index (χ2n) is 9.10. The summed E-state index contributed by atoms with van der Waals surface area (Å²) in [6.45, 7) is 14.7. The Balaban J connectivity index is 0.00000512. The highest BCUT2D eigenvalue weighted by atomic mass is 127. The minimum Gasteiger partial charge on any atom is -0.444 e. The molecule has 1 aromatic heterocycles. The van der Waals surface area contributed by atoms with Gasteiger partial charge in [0.25, 0.3) is 0 Å². The van der Waals surface area contributed by atoms with E-state index in [1.165, 1.54) is 12.8 Å². The molecule has 0 bridgehead atoms. The molecule has 0 aliphatic carbocycles. The maximum atomic E-state index is 11.7. The molecule has 0 atom stereocenters. The van der Waals surface area contributed by atoms with Crippen LogP contribution in [0.25, 0.3) is 0 Å². The van der Waals surface area contributed by atoms with Gasteiger partial charge in [-0.05, 0) is 64.5 Å². The quantitative estimate of drug-likeness (QED) is 0.193. The van der Waals surface area contributed by atoms with Gasteiger partial charge in [-0.3, -0.25) is 0 Å². The third kappa shape index (κ3) is 11.2. The van der Waals surface area contributed by atoms with E-state index in [-0.39, 0.29) is 30.1 Å². The number of carbonyl (C=O) groups is 1. The Morgan fingerprint density at radius 1 is 1.19 bits per heavy atom. The van der Waals surface area contributed by atoms with Crippen molar-refractivity contribution in [2.75, 3.05) is 37.6 Å². The van der Waals surface area contributed by atoms with Gasteiger partial charge >= 0.3 is 6.09 Å². The lowest BCUT2D eigenvalue weighted by atomic mass is 9.99. The molecule has 0 saturated carbocycles. The van der Waals surface area contributed by atoms with Crippen molar-refractivity contribution in [1.29, 1.82) is 0 Å². The Kier molecular flexibility index (Phi) is 12.7. The van der Waals surface area contributed by atoms with Crippen molar-refractivity contribution in [2.45, 2.75) is 66.0 Å². The van der Waals surface area contributed by atoms with Crippen molar-refractivity contribution >= 4 is 41.8 Å². The second kappa shape index (κ2) is 14.4. The largest absolute Gasteiger partial charge is 0.444 e. The first-order chi connectivity index (χ1) is 14.8. The molecule has 9 heteroatoms. The summed E-state index contributed by atoms with van der Waals surface area (Å²) in [4.78, 5) is 23.3. The van der Waals surface area contributed by atoms with Crippen molar-refractivity contribution < 1.29 is 9.53 Å². The van der Waals surface area contributed by atoms with Crippen LogP contribution in [0.15, 0.2) is 23.3 Å². The first-order valence-electron chi connectivity index (χ1n) is 11.5. The van der Waals surface area contributed by atoms with Crippen molar-refractivity contribution in [2.24, 2.45) is 10.9 Å². The lowest BCUT2D eigenvalue weighted by Gasteiger charge is -2.31. The molecule has 182 valence electrons. The summed E-state index contributed by atoms with van der Waals surface area (Å²) >= 11 is 0. The van der Waals surface area contributed by atoms with E-state index in [9.17, 15) is 4.79 Å². The number of aromatic nitrogens is 1. The fourth-order valence-electron chi connectivity index (χ4n) is 3.25. The van der Waals surface area contributed by atoms with Gasteiger partial charge in [-0.15, -0.1) is 24.0 Å². The summed E-state index contributed by atoms with van der Waals surface area (Å²) in [6, 6.07) is 4.21. The number of rotatable bonds is 8. The van der Waals surface area contributed by atoms with Gasteiger partial charge in [-0.2, -0.15) is 0 Å². The maximum Gasteiger partial charge on any atom is 0.407 e. The molecule has 1 aromatic rings. The molecular formula is C23H41IN6O2. The Hall–Kier alpha value is -1.78. The number of piperidine rings is 1. The highest BCUT2D eigenvalue weighted by Crippen LogP contribution is 2.21. The molecule has 1 fully saturated rings. The number of amides is 1. The van der Waals surface area contributed by atoms with Gasteiger partial charge in [0.2, 0.25) is 0 Å². The van der Waals surface area contributed by atoms with Gasteiger partial charge in [0.15, 0.2) is 5.96 Å². The fraction of sp³-hybridized carbons (Fsp3) is 0.696. The Labute approximate surface area is 210 Å². The van der Waals surface area contributed by atoms with E-state index in [4.69, 9.17) is 4.74 Å². The number of hydrogen-bond acceptors (Lipinski definition) is 5. The van der Waals surface area contributed by atoms with Crippen LogP contribution in [0.3, 0.4) is 0 Å². The SMILES string of the molecule is CCNC(=NCc1ccc(N2CCC(C)CC2)nc1)NCCCNC(=O)OC(C)(C)C.I. The van der Waals surface area contributed by atoms with Crippen molar-refractivity contribution in [3.05, 3.63) is 23.9 Å². The number of guanidine groups is 1. The number of nitrogens with zero attached hydrogens (tertiary/aromatic N) is 3. The first-order valence-corrected chi connectivity index (χ1v) is 11.5. The Morgan fingerprint density at radius 3 is 2.47 bits per heavy atom. The zero-order valence-corrected chi connectivity index (χ0v) is 22.6. The van der Waals surface area contributed by atoms with E-state index in [2.05, 4.69) is 49.9 Å². The predicted octanol–water partition coefficient (Wildman–Crippen LogP) is 3.91. The Morgan fingerprint density at radius 2 is 1.88 bits per heavy atom. The molecule has 3 N–H and O–H groups in total. The van der Waals surface area contributed by atoms with E-state index >= 15 is 0 Å². The van der Waals surface area contributed by atoms with E-state index in [0.29, 0.717) is 19.6 Å². The van der Waals surface area contributed by atoms with Gasteiger partial charge in [0.05, 0.1) is 6.54 Å². The average molecular weight is 561 g/mol. The van der Waals surface area contributed by atoms with Gasteiger partial charge in [0, 0.05) is 38.9 Å². The lowest BCUT2D eigenvalue weighted by Crippen LogP contribution is -2.39. The summed E-state index contributed by atoms with van der Waals surface area (Å²) in [7, 11) is 0. The number of halogens is 1. The van der Waals surface area contributed by atoms with E-state index in [1.807, 2.05) is 33.9 Å². The molecular weight excluding hydrogens is 519 g/mol. The summed E-state index contributed by atoms with van der Waals surface area (Å²) in [6.07, 6.45) is 4.78. The highest BCUT2D eigenvalue weighted by Gasteiger charge is 2.17. The fourth-order valence-corrected chi connectivity index (χ4v) is 3.25. The summed E-state index contributed by atoms with van der Waals surface area (Å²) in [5.41, 5.74) is 0.602. The third-order valence-corrected chi connectivity index (χ3v) is 4.99. The zero-order chi connectivity index (χ0) is 22.7. The molecule has 2 heterocycles. The van der Waals surface area contributed by atoms with Crippen LogP contribution in [0.4, 0.5) is 10.6 Å². The number of anilines is 1. The topological polar surface area (TPSA) is 90.9 Å². The monoisotopic (exact) mass is 560 g/mol. The number of pyridine rings is 1. The summed E-state index contributed by atoms with van der Waals surface area (Å²) in [5, 5.41) is 9.31. The van der Waals surface area contributed by atoms with Crippen LogP contribution >= 0.6 is 24.0 Å². The molecule has 1 amide bonds.